The molecule has 0 amide bonds. The summed E-state index contributed by atoms with van der Waals surface area (Å²) in [4.78, 5) is 19.4. The van der Waals surface area contributed by atoms with Crippen molar-refractivity contribution >= 4 is 17.0 Å². The van der Waals surface area contributed by atoms with Crippen LogP contribution in [-0.2, 0) is 0 Å². The highest BCUT2D eigenvalue weighted by Gasteiger charge is 2.16. The fraction of sp³-hybridized carbons (Fsp3) is 0. The van der Waals surface area contributed by atoms with Crippen LogP contribution in [0.5, 0.6) is 0 Å². The number of aromatic nitrogens is 3. The second-order valence-corrected chi connectivity index (χ2v) is 3.78. The second kappa shape index (κ2) is 3.96. The molecule has 0 bridgehead atoms. The molecule has 0 aliphatic rings. The molecule has 0 fully saturated rings. The average molecular weight is 239 g/mol. The van der Waals surface area contributed by atoms with Crippen molar-refractivity contribution in [3.8, 4) is 5.69 Å². The third-order valence-corrected chi connectivity index (χ3v) is 2.71. The Hall–Kier alpha value is -2.69. The van der Waals surface area contributed by atoms with E-state index in [4.69, 9.17) is 0 Å². The van der Waals surface area contributed by atoms with Gasteiger partial charge in [-0.05, 0) is 30.3 Å². The molecule has 88 valence electrons. The maximum Gasteiger partial charge on any atom is 0.352 e. The number of nitrogens with zero attached hydrogens (tertiary/aromatic N) is 3. The van der Waals surface area contributed by atoms with Crippen LogP contribution in [0.25, 0.3) is 16.7 Å². The van der Waals surface area contributed by atoms with Crippen molar-refractivity contribution < 1.29 is 9.90 Å². The van der Waals surface area contributed by atoms with Crippen LogP contribution in [0.15, 0.2) is 48.9 Å². The Morgan fingerprint density at radius 3 is 2.67 bits per heavy atom. The maximum absolute atomic E-state index is 11.3. The van der Waals surface area contributed by atoms with E-state index in [1.807, 2.05) is 6.07 Å². The average Bonchev–Trinajstić information content (AvgIpc) is 2.79. The van der Waals surface area contributed by atoms with Crippen molar-refractivity contribution in [2.24, 2.45) is 0 Å². The van der Waals surface area contributed by atoms with Crippen molar-refractivity contribution in [3.63, 3.8) is 0 Å². The summed E-state index contributed by atoms with van der Waals surface area (Å²) in [5.41, 5.74) is 2.37. The molecule has 5 nitrogen and oxygen atoms in total. The second-order valence-electron chi connectivity index (χ2n) is 3.78. The van der Waals surface area contributed by atoms with Crippen molar-refractivity contribution in [2.75, 3.05) is 0 Å². The minimum Gasteiger partial charge on any atom is -0.477 e. The Balaban J connectivity index is 2.38. The van der Waals surface area contributed by atoms with Gasteiger partial charge in [0, 0.05) is 24.3 Å². The zero-order chi connectivity index (χ0) is 12.5. The molecule has 5 heteroatoms. The fourth-order valence-corrected chi connectivity index (χ4v) is 1.96. The van der Waals surface area contributed by atoms with Crippen molar-refractivity contribution in [2.45, 2.75) is 0 Å². The number of hydrogen-bond donors (Lipinski definition) is 1. The van der Waals surface area contributed by atoms with Gasteiger partial charge >= 0.3 is 5.97 Å². The zero-order valence-corrected chi connectivity index (χ0v) is 9.32. The van der Waals surface area contributed by atoms with E-state index in [1.165, 1.54) is 0 Å². The fourth-order valence-electron chi connectivity index (χ4n) is 1.96. The van der Waals surface area contributed by atoms with E-state index < -0.39 is 5.97 Å². The number of aromatic carboxylic acids is 1. The van der Waals surface area contributed by atoms with Crippen LogP contribution in [0.3, 0.4) is 0 Å². The Morgan fingerprint density at radius 1 is 1.17 bits per heavy atom. The van der Waals surface area contributed by atoms with Crippen LogP contribution >= 0.6 is 0 Å². The standard InChI is InChI=1S/C13H9N3O2/c17-13(18)12-8-10-11(2-1-5-15-10)16(12)9-3-6-14-7-4-9/h1-8H,(H,17,18). The molecule has 0 aliphatic carbocycles. The predicted molar refractivity (Wildman–Crippen MR) is 65.8 cm³/mol. The van der Waals surface area contributed by atoms with Gasteiger partial charge in [-0.3, -0.25) is 9.97 Å². The zero-order valence-electron chi connectivity index (χ0n) is 9.32. The molecule has 18 heavy (non-hydrogen) atoms. The van der Waals surface area contributed by atoms with Gasteiger partial charge in [-0.2, -0.15) is 0 Å². The van der Waals surface area contributed by atoms with E-state index in [2.05, 4.69) is 9.97 Å². The van der Waals surface area contributed by atoms with Gasteiger partial charge in [0.2, 0.25) is 0 Å². The summed E-state index contributed by atoms with van der Waals surface area (Å²) < 4.78 is 1.66. The lowest BCUT2D eigenvalue weighted by Crippen LogP contribution is -2.06. The van der Waals surface area contributed by atoms with Gasteiger partial charge in [0.1, 0.15) is 5.69 Å². The van der Waals surface area contributed by atoms with Crippen molar-refractivity contribution in [1.29, 1.82) is 0 Å². The molecule has 0 atom stereocenters. The number of carboxylic acid groups (broad SMARTS) is 1. The molecule has 1 N–H and O–H groups in total. The van der Waals surface area contributed by atoms with Gasteiger partial charge in [0.15, 0.2) is 0 Å². The van der Waals surface area contributed by atoms with E-state index in [0.29, 0.717) is 5.52 Å². The SMILES string of the molecule is O=C(O)c1cc2ncccc2n1-c1ccncc1. The smallest absolute Gasteiger partial charge is 0.352 e. The van der Waals surface area contributed by atoms with E-state index >= 15 is 0 Å². The molecule has 0 saturated carbocycles. The number of carboxylic acids is 1. The summed E-state index contributed by atoms with van der Waals surface area (Å²) in [7, 11) is 0. The Morgan fingerprint density at radius 2 is 1.94 bits per heavy atom. The number of pyridine rings is 2. The lowest BCUT2D eigenvalue weighted by Gasteiger charge is -2.07. The minimum absolute atomic E-state index is 0.190. The highest BCUT2D eigenvalue weighted by Crippen LogP contribution is 2.22. The topological polar surface area (TPSA) is 68.0 Å². The van der Waals surface area contributed by atoms with Crippen molar-refractivity contribution in [1.82, 2.24) is 14.5 Å². The molecule has 3 aromatic rings. The summed E-state index contributed by atoms with van der Waals surface area (Å²) >= 11 is 0. The normalized spacial score (nSPS) is 10.7. The molecule has 0 aromatic carbocycles. The molecule has 0 saturated heterocycles. The van der Waals surface area contributed by atoms with Crippen LogP contribution in [0.1, 0.15) is 10.5 Å². The van der Waals surface area contributed by atoms with E-state index in [-0.39, 0.29) is 5.69 Å². The Labute approximate surface area is 102 Å². The summed E-state index contributed by atoms with van der Waals surface area (Å²) in [6, 6.07) is 8.72. The first-order valence-electron chi connectivity index (χ1n) is 5.37. The van der Waals surface area contributed by atoms with Crippen molar-refractivity contribution in [3.05, 3.63) is 54.6 Å². The molecule has 3 heterocycles. The lowest BCUT2D eigenvalue weighted by molar-refractivity contribution is 0.0688. The quantitative estimate of drug-likeness (QED) is 0.743. The number of rotatable bonds is 2. The van der Waals surface area contributed by atoms with Gasteiger partial charge in [-0.15, -0.1) is 0 Å². The summed E-state index contributed by atoms with van der Waals surface area (Å²) in [5.74, 6) is -0.982. The first kappa shape index (κ1) is 10.5. The first-order chi connectivity index (χ1) is 8.77. The molecular formula is C13H9N3O2. The van der Waals surface area contributed by atoms with Gasteiger partial charge in [0.05, 0.1) is 11.0 Å². The van der Waals surface area contributed by atoms with Crippen LogP contribution in [0.2, 0.25) is 0 Å². The molecule has 0 radical (unpaired) electrons. The van der Waals surface area contributed by atoms with Crippen LogP contribution in [0.4, 0.5) is 0 Å². The Bertz CT molecular complexity index is 719. The molecular weight excluding hydrogens is 230 g/mol. The van der Waals surface area contributed by atoms with Crippen LogP contribution in [-0.4, -0.2) is 25.6 Å². The predicted octanol–water partition coefficient (Wildman–Crippen LogP) is 2.12. The number of carbonyl (C=O) groups is 1. The van der Waals surface area contributed by atoms with Crippen LogP contribution in [0, 0.1) is 0 Å². The summed E-state index contributed by atoms with van der Waals surface area (Å²) in [5, 5.41) is 9.26. The highest BCUT2D eigenvalue weighted by atomic mass is 16.4. The Kier molecular flexibility index (Phi) is 2.30. The van der Waals surface area contributed by atoms with Gasteiger partial charge in [-0.1, -0.05) is 0 Å². The van der Waals surface area contributed by atoms with E-state index in [0.717, 1.165) is 11.2 Å². The molecule has 0 aliphatic heterocycles. The minimum atomic E-state index is -0.982. The first-order valence-corrected chi connectivity index (χ1v) is 5.37. The summed E-state index contributed by atoms with van der Waals surface area (Å²) in [6.45, 7) is 0. The van der Waals surface area contributed by atoms with Gasteiger partial charge < -0.3 is 9.67 Å². The number of fused-ring (bicyclic) bond motifs is 1. The molecule has 3 aromatic heterocycles. The van der Waals surface area contributed by atoms with Crippen LogP contribution < -0.4 is 0 Å². The monoisotopic (exact) mass is 239 g/mol. The lowest BCUT2D eigenvalue weighted by atomic mass is 10.3. The molecule has 3 rings (SSSR count). The van der Waals surface area contributed by atoms with Gasteiger partial charge in [-0.25, -0.2) is 4.79 Å². The largest absolute Gasteiger partial charge is 0.477 e. The van der Waals surface area contributed by atoms with E-state index in [9.17, 15) is 9.90 Å². The third kappa shape index (κ3) is 1.53. The summed E-state index contributed by atoms with van der Waals surface area (Å²) in [6.07, 6.45) is 4.90. The number of hydrogen-bond acceptors (Lipinski definition) is 3. The van der Waals surface area contributed by atoms with Gasteiger partial charge in [0.25, 0.3) is 0 Å². The maximum atomic E-state index is 11.3. The highest BCUT2D eigenvalue weighted by molar-refractivity contribution is 5.94. The molecule has 0 spiro atoms. The van der Waals surface area contributed by atoms with E-state index in [1.54, 1.807) is 47.4 Å². The molecule has 0 unspecified atom stereocenters. The third-order valence-electron chi connectivity index (χ3n) is 2.71.